The lowest BCUT2D eigenvalue weighted by Gasteiger charge is -2.21. The van der Waals surface area contributed by atoms with Crippen LogP contribution < -0.4 is 5.73 Å². The minimum Gasteiger partial charge on any atom is -0.506 e. The van der Waals surface area contributed by atoms with Gasteiger partial charge < -0.3 is 10.8 Å². The summed E-state index contributed by atoms with van der Waals surface area (Å²) >= 11 is 9.34. The molecule has 0 bridgehead atoms. The maximum Gasteiger partial charge on any atom is 0.140 e. The molecule has 1 saturated carbocycles. The topological polar surface area (TPSA) is 46.2 Å². The van der Waals surface area contributed by atoms with Crippen molar-refractivity contribution < 1.29 is 5.11 Å². The van der Waals surface area contributed by atoms with Gasteiger partial charge in [0, 0.05) is 16.1 Å². The van der Waals surface area contributed by atoms with Crippen LogP contribution in [-0.2, 0) is 0 Å². The highest BCUT2D eigenvalue weighted by Gasteiger charge is 2.27. The average Bonchev–Trinajstić information content (AvgIpc) is 2.77. The van der Waals surface area contributed by atoms with Gasteiger partial charge in [-0.2, -0.15) is 0 Å². The molecule has 17 heavy (non-hydrogen) atoms. The zero-order valence-corrected chi connectivity index (χ0v) is 12.5. The SMILES string of the molecule is Cl.N[C@H](c1c(Br)ccc(Cl)c1O)C1CCCC1. The van der Waals surface area contributed by atoms with Crippen LogP contribution in [0.25, 0.3) is 0 Å². The van der Waals surface area contributed by atoms with Crippen LogP contribution in [0, 0.1) is 5.92 Å². The summed E-state index contributed by atoms with van der Waals surface area (Å²) in [4.78, 5) is 0. The second-order valence-electron chi connectivity index (χ2n) is 4.36. The van der Waals surface area contributed by atoms with Gasteiger partial charge in [0.15, 0.2) is 0 Å². The molecular weight excluding hydrogens is 325 g/mol. The van der Waals surface area contributed by atoms with Gasteiger partial charge in [-0.05, 0) is 30.9 Å². The summed E-state index contributed by atoms with van der Waals surface area (Å²) in [6.07, 6.45) is 4.74. The molecule has 0 aromatic heterocycles. The first kappa shape index (κ1) is 15.1. The second kappa shape index (κ2) is 6.28. The predicted molar refractivity (Wildman–Crippen MR) is 77.0 cm³/mol. The molecule has 0 radical (unpaired) electrons. The summed E-state index contributed by atoms with van der Waals surface area (Å²) in [5.41, 5.74) is 6.97. The Morgan fingerprint density at radius 3 is 2.53 bits per heavy atom. The number of aromatic hydroxyl groups is 1. The predicted octanol–water partition coefficient (Wildman–Crippen LogP) is 4.42. The van der Waals surface area contributed by atoms with Crippen LogP contribution in [0.1, 0.15) is 37.3 Å². The molecule has 1 aliphatic carbocycles. The fraction of sp³-hybridized carbons (Fsp3) is 0.500. The van der Waals surface area contributed by atoms with Crippen molar-refractivity contribution in [2.45, 2.75) is 31.7 Å². The van der Waals surface area contributed by atoms with Gasteiger partial charge >= 0.3 is 0 Å². The van der Waals surface area contributed by atoms with Crippen LogP contribution in [0.3, 0.4) is 0 Å². The molecule has 1 aromatic carbocycles. The van der Waals surface area contributed by atoms with E-state index >= 15 is 0 Å². The van der Waals surface area contributed by atoms with Gasteiger partial charge in [0.1, 0.15) is 5.75 Å². The molecule has 5 heteroatoms. The molecular formula is C12H16BrCl2NO. The Bertz CT molecular complexity index is 394. The number of phenols is 1. The smallest absolute Gasteiger partial charge is 0.140 e. The fourth-order valence-corrected chi connectivity index (χ4v) is 3.18. The van der Waals surface area contributed by atoms with Gasteiger partial charge in [0.05, 0.1) is 5.02 Å². The van der Waals surface area contributed by atoms with Crippen molar-refractivity contribution in [3.8, 4) is 5.75 Å². The van der Waals surface area contributed by atoms with Gasteiger partial charge in [-0.15, -0.1) is 12.4 Å². The van der Waals surface area contributed by atoms with Gasteiger partial charge in [0.25, 0.3) is 0 Å². The van der Waals surface area contributed by atoms with E-state index in [-0.39, 0.29) is 24.2 Å². The number of nitrogens with two attached hydrogens (primary N) is 1. The molecule has 2 nitrogen and oxygen atoms in total. The highest BCUT2D eigenvalue weighted by atomic mass is 79.9. The molecule has 3 N–H and O–H groups in total. The Kier molecular flexibility index (Phi) is 5.58. The number of phenolic OH excluding ortho intramolecular Hbond substituents is 1. The van der Waals surface area contributed by atoms with E-state index in [1.165, 1.54) is 12.8 Å². The highest BCUT2D eigenvalue weighted by Crippen LogP contribution is 2.42. The van der Waals surface area contributed by atoms with Crippen LogP contribution in [0.2, 0.25) is 5.02 Å². The van der Waals surface area contributed by atoms with Crippen molar-refractivity contribution in [2.24, 2.45) is 11.7 Å². The lowest BCUT2D eigenvalue weighted by molar-refractivity contribution is 0.411. The molecule has 0 unspecified atom stereocenters. The van der Waals surface area contributed by atoms with Crippen LogP contribution in [0.4, 0.5) is 0 Å². The van der Waals surface area contributed by atoms with E-state index in [1.54, 1.807) is 6.07 Å². The van der Waals surface area contributed by atoms with Crippen molar-refractivity contribution >= 4 is 39.9 Å². The summed E-state index contributed by atoms with van der Waals surface area (Å²) in [5, 5.41) is 10.3. The van der Waals surface area contributed by atoms with Gasteiger partial charge in [-0.3, -0.25) is 0 Å². The lowest BCUT2D eigenvalue weighted by atomic mass is 9.92. The first-order valence-electron chi connectivity index (χ1n) is 5.53. The molecule has 1 aromatic rings. The number of benzene rings is 1. The third-order valence-electron chi connectivity index (χ3n) is 3.36. The molecule has 2 rings (SSSR count). The monoisotopic (exact) mass is 339 g/mol. The first-order chi connectivity index (χ1) is 7.61. The zero-order valence-electron chi connectivity index (χ0n) is 9.33. The normalized spacial score (nSPS) is 17.8. The van der Waals surface area contributed by atoms with Crippen LogP contribution in [-0.4, -0.2) is 5.11 Å². The second-order valence-corrected chi connectivity index (χ2v) is 5.62. The molecule has 96 valence electrons. The van der Waals surface area contributed by atoms with Crippen LogP contribution in [0.5, 0.6) is 5.75 Å². The number of rotatable bonds is 2. The van der Waals surface area contributed by atoms with Crippen molar-refractivity contribution in [1.82, 2.24) is 0 Å². The lowest BCUT2D eigenvalue weighted by Crippen LogP contribution is -2.19. The Morgan fingerprint density at radius 2 is 1.94 bits per heavy atom. The Balaban J connectivity index is 0.00000144. The minimum absolute atomic E-state index is 0. The Morgan fingerprint density at radius 1 is 1.35 bits per heavy atom. The quantitative estimate of drug-likeness (QED) is 0.837. The minimum atomic E-state index is -0.129. The molecule has 1 atom stereocenters. The number of hydrogen-bond acceptors (Lipinski definition) is 2. The number of halogens is 3. The number of hydrogen-bond donors (Lipinski definition) is 2. The highest BCUT2D eigenvalue weighted by molar-refractivity contribution is 9.10. The van der Waals surface area contributed by atoms with Crippen LogP contribution in [0.15, 0.2) is 16.6 Å². The van der Waals surface area contributed by atoms with Gasteiger partial charge in [0.2, 0.25) is 0 Å². The summed E-state index contributed by atoms with van der Waals surface area (Å²) in [5.74, 6) is 0.580. The maximum atomic E-state index is 9.97. The van der Waals surface area contributed by atoms with Crippen molar-refractivity contribution in [3.05, 3.63) is 27.2 Å². The van der Waals surface area contributed by atoms with Gasteiger partial charge in [-0.1, -0.05) is 40.4 Å². The first-order valence-corrected chi connectivity index (χ1v) is 6.71. The summed E-state index contributed by atoms with van der Waals surface area (Å²) in [6.45, 7) is 0. The summed E-state index contributed by atoms with van der Waals surface area (Å²) in [7, 11) is 0. The maximum absolute atomic E-state index is 9.97. The zero-order chi connectivity index (χ0) is 11.7. The summed E-state index contributed by atoms with van der Waals surface area (Å²) < 4.78 is 0.841. The molecule has 1 aliphatic rings. The van der Waals surface area contributed by atoms with E-state index < -0.39 is 0 Å². The molecule has 0 heterocycles. The molecule has 0 saturated heterocycles. The van der Waals surface area contributed by atoms with Crippen LogP contribution >= 0.6 is 39.9 Å². The van der Waals surface area contributed by atoms with Crippen molar-refractivity contribution in [1.29, 1.82) is 0 Å². The summed E-state index contributed by atoms with van der Waals surface area (Å²) in [6, 6.07) is 3.38. The van der Waals surface area contributed by atoms with Crippen molar-refractivity contribution in [2.75, 3.05) is 0 Å². The Labute approximate surface area is 121 Å². The molecule has 0 aliphatic heterocycles. The van der Waals surface area contributed by atoms with E-state index in [9.17, 15) is 5.11 Å². The van der Waals surface area contributed by atoms with E-state index in [1.807, 2.05) is 6.07 Å². The third-order valence-corrected chi connectivity index (χ3v) is 4.35. The molecule has 1 fully saturated rings. The largest absolute Gasteiger partial charge is 0.506 e. The standard InChI is InChI=1S/C12H15BrClNO.ClH/c13-8-5-6-9(14)12(16)10(8)11(15)7-3-1-2-4-7;/h5-7,11,16H,1-4,15H2;1H/t11-;/m0./s1. The Hall–Kier alpha value is 0.0400. The average molecular weight is 341 g/mol. The third kappa shape index (κ3) is 3.08. The van der Waals surface area contributed by atoms with E-state index in [4.69, 9.17) is 17.3 Å². The van der Waals surface area contributed by atoms with E-state index in [2.05, 4.69) is 15.9 Å². The van der Waals surface area contributed by atoms with E-state index in [0.29, 0.717) is 10.9 Å². The molecule has 0 spiro atoms. The fourth-order valence-electron chi connectivity index (χ4n) is 2.43. The molecule has 0 amide bonds. The van der Waals surface area contributed by atoms with Gasteiger partial charge in [-0.25, -0.2) is 0 Å². The van der Waals surface area contributed by atoms with Crippen molar-refractivity contribution in [3.63, 3.8) is 0 Å². The van der Waals surface area contributed by atoms with E-state index in [0.717, 1.165) is 22.9 Å².